The van der Waals surface area contributed by atoms with Crippen molar-refractivity contribution in [1.82, 2.24) is 14.5 Å². The molecule has 0 saturated heterocycles. The van der Waals surface area contributed by atoms with Gasteiger partial charge in [0.1, 0.15) is 10.7 Å². The van der Waals surface area contributed by atoms with E-state index in [2.05, 4.69) is 27.5 Å². The molecule has 0 amide bonds. The zero-order chi connectivity index (χ0) is 14.1. The number of thiazole rings is 1. The first-order valence-electron chi connectivity index (χ1n) is 6.83. The first-order valence-corrected chi connectivity index (χ1v) is 7.71. The van der Waals surface area contributed by atoms with Crippen LogP contribution in [-0.2, 0) is 7.05 Å². The summed E-state index contributed by atoms with van der Waals surface area (Å²) >= 11 is 1.62. The van der Waals surface area contributed by atoms with Gasteiger partial charge in [-0.1, -0.05) is 25.5 Å². The van der Waals surface area contributed by atoms with Crippen LogP contribution < -0.4 is 5.73 Å². The molecule has 0 saturated carbocycles. The molecular weight excluding hydrogens is 268 g/mol. The highest BCUT2D eigenvalue weighted by Gasteiger charge is 2.15. The lowest BCUT2D eigenvalue weighted by molar-refractivity contribution is 0.634. The number of aryl methyl sites for hydroxylation is 1. The van der Waals surface area contributed by atoms with Crippen LogP contribution in [-0.4, -0.2) is 14.5 Å². The van der Waals surface area contributed by atoms with Crippen molar-refractivity contribution < 1.29 is 0 Å². The lowest BCUT2D eigenvalue weighted by Crippen LogP contribution is -2.09. The van der Waals surface area contributed by atoms with E-state index < -0.39 is 0 Å². The molecule has 0 aliphatic carbocycles. The van der Waals surface area contributed by atoms with Crippen LogP contribution in [0.15, 0.2) is 29.6 Å². The molecule has 0 aliphatic heterocycles. The van der Waals surface area contributed by atoms with Crippen LogP contribution in [0, 0.1) is 0 Å². The van der Waals surface area contributed by atoms with Crippen molar-refractivity contribution >= 4 is 22.4 Å². The normalized spacial score (nSPS) is 12.9. The highest BCUT2D eigenvalue weighted by atomic mass is 32.1. The van der Waals surface area contributed by atoms with Crippen molar-refractivity contribution in [3.8, 4) is 11.5 Å². The number of fused-ring (bicyclic) bond motifs is 1. The van der Waals surface area contributed by atoms with E-state index in [-0.39, 0.29) is 6.04 Å². The van der Waals surface area contributed by atoms with E-state index in [9.17, 15) is 0 Å². The standard InChI is InChI=1S/C15H18N4S/c1-3-6-10(16)15-18-12(9-20-15)14-17-11-7-4-5-8-13(11)19(14)2/h4-5,7-10H,3,6,16H2,1-2H3. The summed E-state index contributed by atoms with van der Waals surface area (Å²) in [5.74, 6) is 0.900. The van der Waals surface area contributed by atoms with Crippen molar-refractivity contribution in [3.63, 3.8) is 0 Å². The third-order valence-corrected chi connectivity index (χ3v) is 4.43. The van der Waals surface area contributed by atoms with E-state index >= 15 is 0 Å². The molecule has 0 radical (unpaired) electrons. The van der Waals surface area contributed by atoms with E-state index in [1.807, 2.05) is 30.6 Å². The van der Waals surface area contributed by atoms with Gasteiger partial charge in [0.15, 0.2) is 5.82 Å². The Labute approximate surface area is 122 Å². The number of rotatable bonds is 4. The molecule has 5 heteroatoms. The molecule has 1 aromatic carbocycles. The number of nitrogens with two attached hydrogens (primary N) is 1. The van der Waals surface area contributed by atoms with E-state index in [0.29, 0.717) is 0 Å². The second-order valence-corrected chi connectivity index (χ2v) is 5.84. The summed E-state index contributed by atoms with van der Waals surface area (Å²) in [6.07, 6.45) is 2.04. The molecule has 4 nitrogen and oxygen atoms in total. The van der Waals surface area contributed by atoms with E-state index in [1.165, 1.54) is 0 Å². The molecule has 104 valence electrons. The predicted molar refractivity (Wildman–Crippen MR) is 83.7 cm³/mol. The molecule has 1 unspecified atom stereocenters. The van der Waals surface area contributed by atoms with Gasteiger partial charge in [-0.2, -0.15) is 0 Å². The second kappa shape index (κ2) is 5.34. The number of benzene rings is 1. The lowest BCUT2D eigenvalue weighted by atomic mass is 10.2. The van der Waals surface area contributed by atoms with Crippen molar-refractivity contribution in [3.05, 3.63) is 34.7 Å². The van der Waals surface area contributed by atoms with Crippen LogP contribution in [0.4, 0.5) is 0 Å². The maximum Gasteiger partial charge on any atom is 0.160 e. The minimum absolute atomic E-state index is 0.0356. The van der Waals surface area contributed by atoms with Crippen LogP contribution >= 0.6 is 11.3 Å². The summed E-state index contributed by atoms with van der Waals surface area (Å²) in [6.45, 7) is 2.14. The average molecular weight is 286 g/mol. The largest absolute Gasteiger partial charge is 0.326 e. The molecule has 2 N–H and O–H groups in total. The second-order valence-electron chi connectivity index (χ2n) is 4.95. The molecule has 1 atom stereocenters. The summed E-state index contributed by atoms with van der Waals surface area (Å²) in [5, 5.41) is 3.04. The van der Waals surface area contributed by atoms with E-state index in [0.717, 1.165) is 40.4 Å². The Hall–Kier alpha value is -1.72. The first kappa shape index (κ1) is 13.3. The number of aromatic nitrogens is 3. The highest BCUT2D eigenvalue weighted by molar-refractivity contribution is 7.10. The van der Waals surface area contributed by atoms with Gasteiger partial charge in [0.25, 0.3) is 0 Å². The molecular formula is C15H18N4S. The molecule has 2 heterocycles. The minimum Gasteiger partial charge on any atom is -0.326 e. The Morgan fingerprint density at radius 3 is 2.85 bits per heavy atom. The fourth-order valence-electron chi connectivity index (χ4n) is 2.37. The summed E-state index contributed by atoms with van der Waals surface area (Å²) in [6, 6.07) is 8.16. The van der Waals surface area contributed by atoms with Crippen LogP contribution in [0.25, 0.3) is 22.6 Å². The zero-order valence-corrected chi connectivity index (χ0v) is 12.5. The third kappa shape index (κ3) is 2.23. The summed E-state index contributed by atoms with van der Waals surface area (Å²) in [4.78, 5) is 9.33. The van der Waals surface area contributed by atoms with E-state index in [4.69, 9.17) is 5.73 Å². The fraction of sp³-hybridized carbons (Fsp3) is 0.333. The summed E-state index contributed by atoms with van der Waals surface area (Å²) in [7, 11) is 2.02. The molecule has 0 fully saturated rings. The van der Waals surface area contributed by atoms with Crippen LogP contribution in [0.5, 0.6) is 0 Å². The summed E-state index contributed by atoms with van der Waals surface area (Å²) < 4.78 is 2.08. The monoisotopic (exact) mass is 286 g/mol. The fourth-order valence-corrected chi connectivity index (χ4v) is 3.20. The van der Waals surface area contributed by atoms with Gasteiger partial charge in [0.2, 0.25) is 0 Å². The van der Waals surface area contributed by atoms with Crippen LogP contribution in [0.1, 0.15) is 30.8 Å². The maximum absolute atomic E-state index is 6.13. The Morgan fingerprint density at radius 1 is 1.30 bits per heavy atom. The van der Waals surface area contributed by atoms with Gasteiger partial charge in [-0.3, -0.25) is 0 Å². The van der Waals surface area contributed by atoms with Crippen LogP contribution in [0.3, 0.4) is 0 Å². The van der Waals surface area contributed by atoms with Gasteiger partial charge in [-0.15, -0.1) is 11.3 Å². The van der Waals surface area contributed by atoms with Gasteiger partial charge in [0.05, 0.1) is 17.1 Å². The SMILES string of the molecule is CCCC(N)c1nc(-c2nc3ccccc3n2C)cs1. The van der Waals surface area contributed by atoms with Gasteiger partial charge in [0, 0.05) is 12.4 Å². The smallest absolute Gasteiger partial charge is 0.160 e. The average Bonchev–Trinajstić information content (AvgIpc) is 3.05. The van der Waals surface area contributed by atoms with Crippen molar-refractivity contribution in [2.75, 3.05) is 0 Å². The predicted octanol–water partition coefficient (Wildman–Crippen LogP) is 3.50. The Morgan fingerprint density at radius 2 is 2.10 bits per heavy atom. The molecule has 3 aromatic rings. The van der Waals surface area contributed by atoms with Crippen molar-refractivity contribution in [2.24, 2.45) is 12.8 Å². The number of hydrogen-bond donors (Lipinski definition) is 1. The maximum atomic E-state index is 6.13. The molecule has 2 aromatic heterocycles. The molecule has 0 spiro atoms. The molecule has 20 heavy (non-hydrogen) atoms. The van der Waals surface area contributed by atoms with Gasteiger partial charge < -0.3 is 10.3 Å². The summed E-state index contributed by atoms with van der Waals surface area (Å²) in [5.41, 5.74) is 9.16. The molecule has 0 bridgehead atoms. The number of nitrogens with zero attached hydrogens (tertiary/aromatic N) is 3. The Kier molecular flexibility index (Phi) is 3.54. The lowest BCUT2D eigenvalue weighted by Gasteiger charge is -2.05. The Bertz CT molecular complexity index is 728. The molecule has 0 aliphatic rings. The van der Waals surface area contributed by atoms with Gasteiger partial charge in [-0.05, 0) is 18.6 Å². The van der Waals surface area contributed by atoms with Crippen LogP contribution in [0.2, 0.25) is 0 Å². The highest BCUT2D eigenvalue weighted by Crippen LogP contribution is 2.27. The number of para-hydroxylation sites is 2. The molecule has 3 rings (SSSR count). The van der Waals surface area contributed by atoms with Gasteiger partial charge in [-0.25, -0.2) is 9.97 Å². The topological polar surface area (TPSA) is 56.7 Å². The van der Waals surface area contributed by atoms with Crippen molar-refractivity contribution in [2.45, 2.75) is 25.8 Å². The number of imidazole rings is 1. The Balaban J connectivity index is 2.01. The van der Waals surface area contributed by atoms with Gasteiger partial charge >= 0.3 is 0 Å². The minimum atomic E-state index is 0.0356. The quantitative estimate of drug-likeness (QED) is 0.798. The van der Waals surface area contributed by atoms with E-state index in [1.54, 1.807) is 11.3 Å². The first-order chi connectivity index (χ1) is 9.70. The number of hydrogen-bond acceptors (Lipinski definition) is 4. The third-order valence-electron chi connectivity index (χ3n) is 3.46. The van der Waals surface area contributed by atoms with Crippen molar-refractivity contribution in [1.29, 1.82) is 0 Å². The zero-order valence-electron chi connectivity index (χ0n) is 11.7.